The number of esters is 1. The van der Waals surface area contributed by atoms with Crippen molar-refractivity contribution in [1.29, 1.82) is 0 Å². The Morgan fingerprint density at radius 3 is 2.86 bits per heavy atom. The molecule has 1 N–H and O–H groups in total. The largest absolute Gasteiger partial charge is 0.466 e. The number of rotatable bonds is 2. The minimum atomic E-state index is -1.46. The molecule has 2 heterocycles. The molecule has 118 valence electrons. The summed E-state index contributed by atoms with van der Waals surface area (Å²) in [4.78, 5) is 28.7. The van der Waals surface area contributed by atoms with Crippen LogP contribution in [0.25, 0.3) is 0 Å². The summed E-state index contributed by atoms with van der Waals surface area (Å²) in [6.45, 7) is 2.96. The van der Waals surface area contributed by atoms with Crippen LogP contribution in [0.2, 0.25) is 5.02 Å². The molecule has 0 aliphatic carbocycles. The summed E-state index contributed by atoms with van der Waals surface area (Å²) < 4.78 is 4.95. The second-order valence-corrected chi connectivity index (χ2v) is 6.09. The maximum Gasteiger partial charge on any atom is 0.357 e. The van der Waals surface area contributed by atoms with Gasteiger partial charge in [-0.3, -0.25) is 9.69 Å². The molecular weight excluding hydrogens is 306 g/mol. The van der Waals surface area contributed by atoms with E-state index in [-0.39, 0.29) is 11.9 Å². The van der Waals surface area contributed by atoms with Gasteiger partial charge in [-0.15, -0.1) is 0 Å². The first-order chi connectivity index (χ1) is 10.4. The molecule has 6 nitrogen and oxygen atoms in total. The van der Waals surface area contributed by atoms with Gasteiger partial charge in [-0.05, 0) is 37.7 Å². The molecule has 3 rings (SSSR count). The summed E-state index contributed by atoms with van der Waals surface area (Å²) in [7, 11) is 3.08. The van der Waals surface area contributed by atoms with Crippen LogP contribution in [0.1, 0.15) is 5.56 Å². The number of amides is 1. The minimum absolute atomic E-state index is 0.0489. The van der Waals surface area contributed by atoms with Gasteiger partial charge in [0.1, 0.15) is 0 Å². The van der Waals surface area contributed by atoms with Crippen molar-refractivity contribution in [2.24, 2.45) is 0 Å². The van der Waals surface area contributed by atoms with E-state index in [1.807, 2.05) is 19.1 Å². The summed E-state index contributed by atoms with van der Waals surface area (Å²) in [5, 5.41) is 3.46. The lowest BCUT2D eigenvalue weighted by molar-refractivity contribution is -0.161. The molecule has 0 radical (unpaired) electrons. The van der Waals surface area contributed by atoms with Gasteiger partial charge in [0, 0.05) is 29.8 Å². The molecule has 7 heteroatoms. The van der Waals surface area contributed by atoms with Gasteiger partial charge in [0.15, 0.2) is 0 Å². The zero-order chi connectivity index (χ0) is 16.1. The normalized spacial score (nSPS) is 27.7. The molecule has 0 aromatic heterocycles. The summed E-state index contributed by atoms with van der Waals surface area (Å²) in [6, 6.07) is 5.53. The van der Waals surface area contributed by atoms with E-state index in [9.17, 15) is 9.59 Å². The maximum absolute atomic E-state index is 12.6. The summed E-state index contributed by atoms with van der Waals surface area (Å²) >= 11 is 6.08. The summed E-state index contributed by atoms with van der Waals surface area (Å²) in [5.74, 6) is -0.939. The first-order valence-electron chi connectivity index (χ1n) is 7.06. The van der Waals surface area contributed by atoms with Crippen LogP contribution < -0.4 is 10.2 Å². The molecule has 22 heavy (non-hydrogen) atoms. The first kappa shape index (κ1) is 15.1. The van der Waals surface area contributed by atoms with E-state index in [4.69, 9.17) is 16.3 Å². The summed E-state index contributed by atoms with van der Waals surface area (Å²) in [6.07, 6.45) is 0. The molecule has 1 amide bonds. The highest BCUT2D eigenvalue weighted by molar-refractivity contribution is 6.31. The third-order valence-corrected chi connectivity index (χ3v) is 5.00. The number of carbonyl (C=O) groups excluding carboxylic acids is 2. The number of hydrogen-bond donors (Lipinski definition) is 1. The van der Waals surface area contributed by atoms with E-state index in [0.717, 1.165) is 11.3 Å². The van der Waals surface area contributed by atoms with Gasteiger partial charge in [0.2, 0.25) is 0 Å². The van der Waals surface area contributed by atoms with E-state index in [1.165, 1.54) is 7.11 Å². The highest BCUT2D eigenvalue weighted by Gasteiger charge is 2.64. The van der Waals surface area contributed by atoms with Crippen molar-refractivity contribution in [2.75, 3.05) is 32.1 Å². The number of ether oxygens (including phenoxy) is 1. The van der Waals surface area contributed by atoms with Gasteiger partial charge in [-0.2, -0.15) is 0 Å². The number of nitrogens with zero attached hydrogens (tertiary/aromatic N) is 2. The van der Waals surface area contributed by atoms with Crippen LogP contribution >= 0.6 is 11.6 Å². The number of anilines is 1. The Labute approximate surface area is 134 Å². The van der Waals surface area contributed by atoms with Crippen molar-refractivity contribution in [2.45, 2.75) is 18.6 Å². The van der Waals surface area contributed by atoms with Crippen LogP contribution in [0.15, 0.2) is 18.2 Å². The Balaban J connectivity index is 2.15. The zero-order valence-electron chi connectivity index (χ0n) is 12.7. The molecule has 2 aliphatic heterocycles. The molecule has 2 aliphatic rings. The third kappa shape index (κ3) is 1.84. The number of aryl methyl sites for hydroxylation is 1. The van der Waals surface area contributed by atoms with Gasteiger partial charge < -0.3 is 15.0 Å². The topological polar surface area (TPSA) is 61.9 Å². The summed E-state index contributed by atoms with van der Waals surface area (Å²) in [5.41, 5.74) is 0.208. The lowest BCUT2D eigenvalue weighted by Gasteiger charge is -2.41. The average molecular weight is 324 g/mol. The van der Waals surface area contributed by atoms with E-state index >= 15 is 0 Å². The fourth-order valence-electron chi connectivity index (χ4n) is 3.32. The number of carbonyl (C=O) groups is 2. The van der Waals surface area contributed by atoms with Crippen LogP contribution in [0.3, 0.4) is 0 Å². The molecule has 1 aromatic rings. The Morgan fingerprint density at radius 1 is 1.50 bits per heavy atom. The number of likely N-dealkylation sites (N-methyl/N-ethyl adjacent to an activating group) is 1. The van der Waals surface area contributed by atoms with Crippen LogP contribution in [0, 0.1) is 6.92 Å². The molecular formula is C15H18ClN3O3. The Bertz CT molecular complexity index is 641. The lowest BCUT2D eigenvalue weighted by Crippen LogP contribution is -2.71. The standard InChI is InChI=1S/C15H18ClN3O3/c1-9-6-10(4-5-12(9)16)19-8-11-7-17-13(20)15(19,18(11)2)14(21)22-3/h4-6,11H,7-8H2,1-3H3,(H,17,20)/t11?,15-/m0/s1. The van der Waals surface area contributed by atoms with Crippen molar-refractivity contribution < 1.29 is 14.3 Å². The van der Waals surface area contributed by atoms with Gasteiger partial charge in [0.25, 0.3) is 11.6 Å². The number of halogens is 1. The number of methoxy groups -OCH3 is 1. The second-order valence-electron chi connectivity index (χ2n) is 5.68. The van der Waals surface area contributed by atoms with Gasteiger partial charge in [0.05, 0.1) is 7.11 Å². The second kappa shape index (κ2) is 5.14. The van der Waals surface area contributed by atoms with Crippen molar-refractivity contribution in [3.63, 3.8) is 0 Å². The molecule has 2 fully saturated rings. The number of fused-ring (bicyclic) bond motifs is 2. The van der Waals surface area contributed by atoms with Crippen molar-refractivity contribution >= 4 is 29.2 Å². The van der Waals surface area contributed by atoms with Crippen molar-refractivity contribution in [1.82, 2.24) is 10.2 Å². The van der Waals surface area contributed by atoms with Crippen molar-refractivity contribution in [3.8, 4) is 0 Å². The fraction of sp³-hybridized carbons (Fsp3) is 0.467. The number of piperazine rings is 1. The van der Waals surface area contributed by atoms with E-state index in [1.54, 1.807) is 22.9 Å². The predicted molar refractivity (Wildman–Crippen MR) is 82.8 cm³/mol. The molecule has 2 bridgehead atoms. The highest BCUT2D eigenvalue weighted by atomic mass is 35.5. The number of nitrogens with one attached hydrogen (secondary N) is 1. The van der Waals surface area contributed by atoms with Crippen LogP contribution in [0.4, 0.5) is 5.69 Å². The Hall–Kier alpha value is -1.79. The van der Waals surface area contributed by atoms with Gasteiger partial charge in [-0.1, -0.05) is 11.6 Å². The zero-order valence-corrected chi connectivity index (χ0v) is 13.5. The SMILES string of the molecule is COC(=O)[C@]12C(=O)NCC(CN1c1ccc(Cl)c(C)c1)N2C. The smallest absolute Gasteiger partial charge is 0.357 e. The highest BCUT2D eigenvalue weighted by Crippen LogP contribution is 2.38. The fourth-order valence-corrected chi connectivity index (χ4v) is 3.43. The number of hydrogen-bond acceptors (Lipinski definition) is 5. The molecule has 1 unspecified atom stereocenters. The molecule has 2 saturated heterocycles. The van der Waals surface area contributed by atoms with Gasteiger partial charge in [-0.25, -0.2) is 4.79 Å². The molecule has 0 saturated carbocycles. The van der Waals surface area contributed by atoms with Crippen LogP contribution in [-0.4, -0.2) is 55.7 Å². The molecule has 0 spiro atoms. The average Bonchev–Trinajstić information content (AvgIpc) is 2.70. The molecule has 1 aromatic carbocycles. The maximum atomic E-state index is 12.6. The third-order valence-electron chi connectivity index (χ3n) is 4.58. The van der Waals surface area contributed by atoms with Crippen molar-refractivity contribution in [3.05, 3.63) is 28.8 Å². The van der Waals surface area contributed by atoms with E-state index in [2.05, 4.69) is 5.32 Å². The van der Waals surface area contributed by atoms with E-state index < -0.39 is 11.6 Å². The van der Waals surface area contributed by atoms with E-state index in [0.29, 0.717) is 18.1 Å². The van der Waals surface area contributed by atoms with Crippen LogP contribution in [0.5, 0.6) is 0 Å². The lowest BCUT2D eigenvalue weighted by atomic mass is 10.0. The molecule has 2 atom stereocenters. The Morgan fingerprint density at radius 2 is 2.23 bits per heavy atom. The Kier molecular flexibility index (Phi) is 3.53. The number of benzene rings is 1. The minimum Gasteiger partial charge on any atom is -0.466 e. The quantitative estimate of drug-likeness (QED) is 0.643. The van der Waals surface area contributed by atoms with Gasteiger partial charge >= 0.3 is 5.97 Å². The predicted octanol–water partition coefficient (Wildman–Crippen LogP) is 0.768. The monoisotopic (exact) mass is 323 g/mol. The first-order valence-corrected chi connectivity index (χ1v) is 7.44. The van der Waals surface area contributed by atoms with Crippen LogP contribution in [-0.2, 0) is 14.3 Å².